The topological polar surface area (TPSA) is 228 Å². The molecule has 2 fully saturated rings. The molecular weight excluding hydrogens is 1010 g/mol. The zero-order valence-corrected chi connectivity index (χ0v) is 50.3. The first kappa shape index (κ1) is 73.8. The smallest absolute Gasteiger partial charge is 0.224 e. The van der Waals surface area contributed by atoms with Crippen LogP contribution in [0.1, 0.15) is 258 Å². The largest absolute Gasteiger partial charge is 0.394 e. The highest BCUT2D eigenvalue weighted by Gasteiger charge is 2.51. The molecule has 14 heteroatoms. The van der Waals surface area contributed by atoms with Gasteiger partial charge in [0.1, 0.15) is 48.8 Å². The van der Waals surface area contributed by atoms with Crippen LogP contribution >= 0.6 is 0 Å². The number of hydrogen-bond donors (Lipinski definition) is 9. The number of allylic oxidation sites excluding steroid dienone is 9. The average Bonchev–Trinajstić information content (AvgIpc) is 3.46. The molecule has 2 aliphatic heterocycles. The SMILES string of the molecule is CC/C=C\C/C=C\C/C=C\C/C=C\C/C=C\CC(=O)NC(COC1OC(CO)C(OC2OC(CO)C(O)C(O)C2O)C(O)C1O)C(O)CCCCCCCCCCCCCCCCCCCCCCCCCCCCCCCCC. The number of aliphatic hydroxyl groups excluding tert-OH is 8. The van der Waals surface area contributed by atoms with Crippen molar-refractivity contribution < 1.29 is 64.6 Å². The van der Waals surface area contributed by atoms with Crippen molar-refractivity contribution in [1.82, 2.24) is 5.32 Å². The van der Waals surface area contributed by atoms with E-state index >= 15 is 0 Å². The maximum absolute atomic E-state index is 13.2. The standard InChI is InChI=1S/C66H119NO13/c1-3-5-7-9-11-13-15-17-19-20-21-22-23-24-25-26-27-28-29-30-31-32-33-34-36-37-39-41-43-45-47-49-55(70)54(67-58(71)50-48-46-44-42-40-38-35-18-16-14-12-10-8-6-4-2)53-77-65-63(76)61(74)64(57(52-69)79-65)80-66-62(75)60(73)59(72)56(51-68)78-66/h6,8,12,14,18,35,40,42,46,48,54-57,59-66,68-70,72-76H,3-5,7,9-11,13,15-17,19-34,36-39,41,43-45,47,49-53H2,1-2H3,(H,67,71)/b8-6-,14-12-,35-18-,42-40-,48-46-. The lowest BCUT2D eigenvalue weighted by Gasteiger charge is -2.46. The molecule has 466 valence electrons. The van der Waals surface area contributed by atoms with E-state index in [0.29, 0.717) is 12.8 Å². The molecule has 12 atom stereocenters. The van der Waals surface area contributed by atoms with Crippen molar-refractivity contribution in [2.45, 2.75) is 331 Å². The van der Waals surface area contributed by atoms with E-state index in [1.807, 2.05) is 12.2 Å². The fourth-order valence-corrected chi connectivity index (χ4v) is 10.6. The molecule has 0 bridgehead atoms. The molecule has 0 aromatic heterocycles. The number of carbonyl (C=O) groups is 1. The van der Waals surface area contributed by atoms with Crippen molar-refractivity contribution in [2.24, 2.45) is 0 Å². The first-order valence-electron chi connectivity index (χ1n) is 32.5. The number of nitrogens with one attached hydrogen (secondary N) is 1. The van der Waals surface area contributed by atoms with Crippen LogP contribution in [-0.2, 0) is 23.7 Å². The molecule has 0 saturated carbocycles. The Balaban J connectivity index is 1.67. The summed E-state index contributed by atoms with van der Waals surface area (Å²) in [5, 5.41) is 87.2. The fourth-order valence-electron chi connectivity index (χ4n) is 10.6. The molecule has 2 saturated heterocycles. The molecule has 12 unspecified atom stereocenters. The summed E-state index contributed by atoms with van der Waals surface area (Å²) >= 11 is 0. The maximum atomic E-state index is 13.2. The van der Waals surface area contributed by atoms with Gasteiger partial charge in [0.25, 0.3) is 0 Å². The van der Waals surface area contributed by atoms with Crippen molar-refractivity contribution >= 4 is 5.91 Å². The van der Waals surface area contributed by atoms with Gasteiger partial charge in [0.15, 0.2) is 12.6 Å². The molecule has 9 N–H and O–H groups in total. The Labute approximate surface area is 486 Å². The van der Waals surface area contributed by atoms with Crippen molar-refractivity contribution in [3.8, 4) is 0 Å². The van der Waals surface area contributed by atoms with Crippen LogP contribution in [0.5, 0.6) is 0 Å². The van der Waals surface area contributed by atoms with Gasteiger partial charge in [-0.25, -0.2) is 0 Å². The Bertz CT molecular complexity index is 1570. The van der Waals surface area contributed by atoms with Crippen molar-refractivity contribution in [3.63, 3.8) is 0 Å². The normalized spacial score (nSPS) is 24.6. The minimum atomic E-state index is -1.79. The van der Waals surface area contributed by atoms with Gasteiger partial charge in [-0.1, -0.05) is 274 Å². The molecule has 0 aliphatic carbocycles. The molecule has 0 aromatic rings. The third-order valence-electron chi connectivity index (χ3n) is 15.8. The summed E-state index contributed by atoms with van der Waals surface area (Å²) in [6, 6.07) is -0.887. The minimum absolute atomic E-state index is 0.0707. The third-order valence-corrected chi connectivity index (χ3v) is 15.8. The van der Waals surface area contributed by atoms with E-state index in [1.54, 1.807) is 6.08 Å². The van der Waals surface area contributed by atoms with Crippen molar-refractivity contribution in [1.29, 1.82) is 0 Å². The van der Waals surface area contributed by atoms with Crippen LogP contribution in [0.4, 0.5) is 0 Å². The second-order valence-electron chi connectivity index (χ2n) is 22.9. The number of hydrogen-bond acceptors (Lipinski definition) is 13. The molecule has 14 nitrogen and oxygen atoms in total. The molecule has 0 aromatic carbocycles. The summed E-state index contributed by atoms with van der Waals surface area (Å²) in [7, 11) is 0. The predicted octanol–water partition coefficient (Wildman–Crippen LogP) is 12.1. The lowest BCUT2D eigenvalue weighted by Crippen LogP contribution is -2.65. The van der Waals surface area contributed by atoms with Gasteiger partial charge in [-0.15, -0.1) is 0 Å². The Kier molecular flexibility index (Phi) is 47.2. The van der Waals surface area contributed by atoms with Crippen LogP contribution in [-0.4, -0.2) is 140 Å². The maximum Gasteiger partial charge on any atom is 0.224 e. The molecule has 0 spiro atoms. The molecule has 0 radical (unpaired) electrons. The number of aliphatic hydroxyl groups is 8. The van der Waals surface area contributed by atoms with Gasteiger partial charge in [0.2, 0.25) is 5.91 Å². The van der Waals surface area contributed by atoms with Gasteiger partial charge in [-0.3, -0.25) is 4.79 Å². The summed E-state index contributed by atoms with van der Waals surface area (Å²) in [4.78, 5) is 13.2. The monoisotopic (exact) mass is 1130 g/mol. The summed E-state index contributed by atoms with van der Waals surface area (Å²) in [6.45, 7) is 2.70. The van der Waals surface area contributed by atoms with Crippen LogP contribution < -0.4 is 5.32 Å². The second-order valence-corrected chi connectivity index (χ2v) is 22.9. The minimum Gasteiger partial charge on any atom is -0.394 e. The van der Waals surface area contributed by atoms with E-state index in [0.717, 1.165) is 51.4 Å². The lowest BCUT2D eigenvalue weighted by atomic mass is 9.97. The fraction of sp³-hybridized carbons (Fsp3) is 0.833. The van der Waals surface area contributed by atoms with Crippen LogP contribution in [0.3, 0.4) is 0 Å². The Morgan fingerprint density at radius 1 is 0.450 bits per heavy atom. The van der Waals surface area contributed by atoms with E-state index in [-0.39, 0.29) is 18.9 Å². The summed E-state index contributed by atoms with van der Waals surface area (Å²) in [5.41, 5.74) is 0. The number of ether oxygens (including phenoxy) is 4. The molecule has 2 rings (SSSR count). The number of amides is 1. The van der Waals surface area contributed by atoms with Crippen LogP contribution in [0.25, 0.3) is 0 Å². The zero-order chi connectivity index (χ0) is 58.1. The lowest BCUT2D eigenvalue weighted by molar-refractivity contribution is -0.359. The van der Waals surface area contributed by atoms with Crippen LogP contribution in [0.2, 0.25) is 0 Å². The van der Waals surface area contributed by atoms with Gasteiger partial charge >= 0.3 is 0 Å². The van der Waals surface area contributed by atoms with Gasteiger partial charge in [0, 0.05) is 6.42 Å². The van der Waals surface area contributed by atoms with Crippen LogP contribution in [0.15, 0.2) is 60.8 Å². The van der Waals surface area contributed by atoms with E-state index in [2.05, 4.69) is 61.7 Å². The summed E-state index contributed by atoms with van der Waals surface area (Å²) in [6.07, 6.45) is 50.0. The summed E-state index contributed by atoms with van der Waals surface area (Å²) in [5.74, 6) is -0.332. The molecule has 2 heterocycles. The van der Waals surface area contributed by atoms with E-state index in [9.17, 15) is 45.6 Å². The third kappa shape index (κ3) is 35.7. The van der Waals surface area contributed by atoms with Gasteiger partial charge in [-0.05, 0) is 38.5 Å². The van der Waals surface area contributed by atoms with Crippen LogP contribution in [0, 0.1) is 0 Å². The number of carbonyl (C=O) groups excluding carboxylic acids is 1. The second kappa shape index (κ2) is 51.1. The Morgan fingerprint density at radius 3 is 1.21 bits per heavy atom. The summed E-state index contributed by atoms with van der Waals surface area (Å²) < 4.78 is 22.8. The highest BCUT2D eigenvalue weighted by atomic mass is 16.7. The average molecular weight is 1130 g/mol. The first-order chi connectivity index (χ1) is 39.1. The van der Waals surface area contributed by atoms with E-state index < -0.39 is 86.8 Å². The molecular formula is C66H119NO13. The van der Waals surface area contributed by atoms with E-state index in [4.69, 9.17) is 18.9 Å². The molecule has 2 aliphatic rings. The highest BCUT2D eigenvalue weighted by molar-refractivity contribution is 5.77. The van der Waals surface area contributed by atoms with Crippen molar-refractivity contribution in [3.05, 3.63) is 60.8 Å². The quantitative estimate of drug-likeness (QED) is 0.0204. The van der Waals surface area contributed by atoms with Crippen molar-refractivity contribution in [2.75, 3.05) is 19.8 Å². The molecule has 1 amide bonds. The zero-order valence-electron chi connectivity index (χ0n) is 50.3. The number of rotatable bonds is 52. The Hall–Kier alpha value is -2.31. The van der Waals surface area contributed by atoms with E-state index in [1.165, 1.54) is 173 Å². The Morgan fingerprint density at radius 2 is 0.812 bits per heavy atom. The van der Waals surface area contributed by atoms with Gasteiger partial charge in [0.05, 0.1) is 32.0 Å². The first-order valence-corrected chi connectivity index (χ1v) is 32.5. The highest BCUT2D eigenvalue weighted by Crippen LogP contribution is 2.30. The van der Waals surface area contributed by atoms with Gasteiger partial charge in [-0.2, -0.15) is 0 Å². The molecule has 80 heavy (non-hydrogen) atoms. The van der Waals surface area contributed by atoms with Gasteiger partial charge < -0.3 is 65.1 Å². The number of unbranched alkanes of at least 4 members (excludes halogenated alkanes) is 30. The predicted molar refractivity (Wildman–Crippen MR) is 323 cm³/mol.